The molecule has 2 aliphatic rings. The van der Waals surface area contributed by atoms with Crippen LogP contribution in [-0.4, -0.2) is 52.3 Å². The molecule has 1 aromatic carbocycles. The number of benzene rings is 1. The quantitative estimate of drug-likeness (QED) is 0.402. The number of nitrogens with zero attached hydrogens (tertiary/aromatic N) is 3. The molecule has 4 heterocycles. The summed E-state index contributed by atoms with van der Waals surface area (Å²) < 4.78 is 19.4. The molecule has 3 aromatic rings. The van der Waals surface area contributed by atoms with E-state index >= 15 is 0 Å². The van der Waals surface area contributed by atoms with Crippen LogP contribution in [0.15, 0.2) is 60.7 Å². The highest BCUT2D eigenvalue weighted by atomic mass is 19.1. The normalized spacial score (nSPS) is 20.8. The largest absolute Gasteiger partial charge is 0.491 e. The van der Waals surface area contributed by atoms with E-state index in [2.05, 4.69) is 20.6 Å². The number of hydrogen-bond acceptors (Lipinski definition) is 6. The number of urea groups is 1. The SMILES string of the molecule is CC(C)Oc1ccc2ncc(C(=N)/C=C3\NCCC34CCN(C(=O)N[C@H](C)c3cncc(F)c3)C4)cc2c1. The molecular formula is C29H33FN6O2. The maximum Gasteiger partial charge on any atom is 0.317 e. The van der Waals surface area contributed by atoms with Gasteiger partial charge in [0.25, 0.3) is 0 Å². The van der Waals surface area contributed by atoms with Crippen LogP contribution < -0.4 is 15.4 Å². The van der Waals surface area contributed by atoms with Gasteiger partial charge in [0, 0.05) is 54.1 Å². The number of ether oxygens (including phenoxy) is 1. The first-order chi connectivity index (χ1) is 18.2. The van der Waals surface area contributed by atoms with Crippen LogP contribution in [0.5, 0.6) is 5.75 Å². The Morgan fingerprint density at radius 1 is 1.21 bits per heavy atom. The van der Waals surface area contributed by atoms with E-state index in [1.807, 2.05) is 56.0 Å². The lowest BCUT2D eigenvalue weighted by Crippen LogP contribution is -2.41. The van der Waals surface area contributed by atoms with Gasteiger partial charge < -0.3 is 25.7 Å². The number of carbonyl (C=O) groups excluding carboxylic acids is 1. The number of allylic oxidation sites excluding steroid dienone is 1. The Hall–Kier alpha value is -4.01. The second kappa shape index (κ2) is 10.4. The minimum Gasteiger partial charge on any atom is -0.491 e. The van der Waals surface area contributed by atoms with Crippen molar-refractivity contribution in [2.24, 2.45) is 5.41 Å². The Morgan fingerprint density at radius 2 is 2.05 bits per heavy atom. The summed E-state index contributed by atoms with van der Waals surface area (Å²) in [6, 6.07) is 8.60. The molecule has 9 heteroatoms. The molecular weight excluding hydrogens is 483 g/mol. The van der Waals surface area contributed by atoms with Gasteiger partial charge in [-0.25, -0.2) is 9.18 Å². The lowest BCUT2D eigenvalue weighted by Gasteiger charge is -2.26. The Morgan fingerprint density at radius 3 is 2.84 bits per heavy atom. The van der Waals surface area contributed by atoms with E-state index < -0.39 is 5.82 Å². The van der Waals surface area contributed by atoms with Crippen molar-refractivity contribution in [1.82, 2.24) is 25.5 Å². The highest BCUT2D eigenvalue weighted by molar-refractivity contribution is 6.08. The second-order valence-corrected chi connectivity index (χ2v) is 10.5. The fourth-order valence-corrected chi connectivity index (χ4v) is 5.29. The average Bonchev–Trinajstić information content (AvgIpc) is 3.50. The molecule has 5 rings (SSSR count). The van der Waals surface area contributed by atoms with Crippen molar-refractivity contribution in [2.75, 3.05) is 19.6 Å². The van der Waals surface area contributed by atoms with Gasteiger partial charge >= 0.3 is 6.03 Å². The topological polar surface area (TPSA) is 103 Å². The van der Waals surface area contributed by atoms with Crippen molar-refractivity contribution >= 4 is 22.6 Å². The standard InChI is InChI=1S/C29H33FN6O2/c1-18(2)38-24-4-5-26-20(12-24)10-22(15-34-26)25(31)13-27-29(6-8-33-27)7-9-36(17-29)28(37)35-19(3)21-11-23(30)16-32-14-21/h4-5,10-16,18-19,31,33H,6-9,17H2,1-3H3,(H,35,37)/b27-13-,31-25?/t19-,29?/m1/s1. The molecule has 2 fully saturated rings. The third-order valence-corrected chi connectivity index (χ3v) is 7.32. The molecule has 0 aliphatic carbocycles. The molecule has 8 nitrogen and oxygen atoms in total. The number of nitrogens with one attached hydrogen (secondary N) is 3. The van der Waals surface area contributed by atoms with Crippen molar-refractivity contribution in [3.63, 3.8) is 0 Å². The van der Waals surface area contributed by atoms with Gasteiger partial charge in [0.1, 0.15) is 11.6 Å². The van der Waals surface area contributed by atoms with Gasteiger partial charge in [-0.05, 0) is 75.6 Å². The summed E-state index contributed by atoms with van der Waals surface area (Å²) >= 11 is 0. The van der Waals surface area contributed by atoms with E-state index in [9.17, 15) is 9.18 Å². The van der Waals surface area contributed by atoms with E-state index in [0.29, 0.717) is 24.4 Å². The number of halogens is 1. The van der Waals surface area contributed by atoms with Crippen LogP contribution in [0.3, 0.4) is 0 Å². The fraction of sp³-hybridized carbons (Fsp3) is 0.379. The van der Waals surface area contributed by atoms with Crippen molar-refractivity contribution in [1.29, 1.82) is 5.41 Å². The Kier molecular flexibility index (Phi) is 7.01. The molecule has 3 N–H and O–H groups in total. The fourth-order valence-electron chi connectivity index (χ4n) is 5.29. The summed E-state index contributed by atoms with van der Waals surface area (Å²) in [5.74, 6) is 0.351. The van der Waals surface area contributed by atoms with Crippen LogP contribution in [0.4, 0.5) is 9.18 Å². The van der Waals surface area contributed by atoms with Crippen molar-refractivity contribution in [3.05, 3.63) is 77.6 Å². The van der Waals surface area contributed by atoms with Crippen LogP contribution in [0.1, 0.15) is 50.8 Å². The number of fused-ring (bicyclic) bond motifs is 1. The Bertz CT molecular complexity index is 1410. The average molecular weight is 517 g/mol. The van der Waals surface area contributed by atoms with Gasteiger partial charge in [-0.2, -0.15) is 0 Å². The highest BCUT2D eigenvalue weighted by Gasteiger charge is 2.45. The third kappa shape index (κ3) is 5.32. The second-order valence-electron chi connectivity index (χ2n) is 10.5. The predicted octanol–water partition coefficient (Wildman–Crippen LogP) is 4.96. The summed E-state index contributed by atoms with van der Waals surface area (Å²) in [6.07, 6.45) is 8.10. The molecule has 38 heavy (non-hydrogen) atoms. The van der Waals surface area contributed by atoms with Crippen molar-refractivity contribution in [2.45, 2.75) is 45.8 Å². The van der Waals surface area contributed by atoms with Gasteiger partial charge in [-0.3, -0.25) is 9.97 Å². The molecule has 2 atom stereocenters. The van der Waals surface area contributed by atoms with Crippen molar-refractivity contribution < 1.29 is 13.9 Å². The van der Waals surface area contributed by atoms with Crippen LogP contribution in [0.2, 0.25) is 0 Å². The van der Waals surface area contributed by atoms with E-state index in [-0.39, 0.29) is 23.6 Å². The number of pyridine rings is 2. The zero-order valence-electron chi connectivity index (χ0n) is 21.9. The van der Waals surface area contributed by atoms with Crippen LogP contribution in [0, 0.1) is 16.6 Å². The third-order valence-electron chi connectivity index (χ3n) is 7.32. The predicted molar refractivity (Wildman–Crippen MR) is 145 cm³/mol. The number of hydrogen-bond donors (Lipinski definition) is 3. The monoisotopic (exact) mass is 516 g/mol. The molecule has 2 aromatic heterocycles. The number of carbonyl (C=O) groups is 1. The summed E-state index contributed by atoms with van der Waals surface area (Å²) in [4.78, 5) is 23.3. The molecule has 2 saturated heterocycles. The maximum absolute atomic E-state index is 13.6. The molecule has 0 radical (unpaired) electrons. The maximum atomic E-state index is 13.6. The summed E-state index contributed by atoms with van der Waals surface area (Å²) in [5.41, 5.74) is 3.33. The Labute approximate surface area is 221 Å². The zero-order valence-corrected chi connectivity index (χ0v) is 21.9. The van der Waals surface area contributed by atoms with Crippen molar-refractivity contribution in [3.8, 4) is 5.75 Å². The van der Waals surface area contributed by atoms with Crippen LogP contribution >= 0.6 is 0 Å². The number of rotatable bonds is 6. The summed E-state index contributed by atoms with van der Waals surface area (Å²) in [7, 11) is 0. The number of amides is 2. The van der Waals surface area contributed by atoms with E-state index in [1.165, 1.54) is 6.07 Å². The number of likely N-dealkylation sites (tertiary alicyclic amines) is 1. The highest BCUT2D eigenvalue weighted by Crippen LogP contribution is 2.43. The minimum absolute atomic E-state index is 0.0749. The zero-order chi connectivity index (χ0) is 26.9. The van der Waals surface area contributed by atoms with Gasteiger partial charge in [0.15, 0.2) is 0 Å². The van der Waals surface area contributed by atoms with E-state index in [4.69, 9.17) is 10.1 Å². The number of aromatic nitrogens is 2. The van der Waals surface area contributed by atoms with Gasteiger partial charge in [0.05, 0.1) is 29.6 Å². The first-order valence-electron chi connectivity index (χ1n) is 13.0. The first kappa shape index (κ1) is 25.6. The van der Waals surface area contributed by atoms with Crippen LogP contribution in [0.25, 0.3) is 10.9 Å². The lowest BCUT2D eigenvalue weighted by atomic mass is 9.82. The summed E-state index contributed by atoms with van der Waals surface area (Å²) in [5, 5.41) is 16.2. The van der Waals surface area contributed by atoms with Crippen LogP contribution in [-0.2, 0) is 0 Å². The molecule has 198 valence electrons. The Balaban J connectivity index is 1.29. The molecule has 2 amide bonds. The molecule has 1 unspecified atom stereocenters. The molecule has 1 spiro atoms. The lowest BCUT2D eigenvalue weighted by molar-refractivity contribution is 0.200. The summed E-state index contributed by atoms with van der Waals surface area (Å²) in [6.45, 7) is 7.77. The minimum atomic E-state index is -0.427. The first-order valence-corrected chi connectivity index (χ1v) is 13.0. The molecule has 2 aliphatic heterocycles. The van der Waals surface area contributed by atoms with Gasteiger partial charge in [0.2, 0.25) is 0 Å². The molecule has 0 bridgehead atoms. The van der Waals surface area contributed by atoms with Gasteiger partial charge in [-0.15, -0.1) is 0 Å². The van der Waals surface area contributed by atoms with Gasteiger partial charge in [-0.1, -0.05) is 0 Å². The van der Waals surface area contributed by atoms with E-state index in [1.54, 1.807) is 12.4 Å². The smallest absolute Gasteiger partial charge is 0.317 e. The van der Waals surface area contributed by atoms with E-state index in [0.717, 1.165) is 53.5 Å². The molecule has 0 saturated carbocycles.